The largest absolute Gasteiger partial charge is 0.390 e. The summed E-state index contributed by atoms with van der Waals surface area (Å²) in [5.41, 5.74) is -1.60. The minimum absolute atomic E-state index is 0.0513. The molecule has 1 unspecified atom stereocenters. The second-order valence-corrected chi connectivity index (χ2v) is 9.97. The highest BCUT2D eigenvalue weighted by Crippen LogP contribution is 2.39. The average molecular weight is 315 g/mol. The van der Waals surface area contributed by atoms with E-state index in [4.69, 9.17) is 4.74 Å². The quantitative estimate of drug-likeness (QED) is 0.746. The van der Waals surface area contributed by atoms with E-state index >= 15 is 0 Å². The van der Waals surface area contributed by atoms with Crippen LogP contribution in [0.2, 0.25) is 0 Å². The monoisotopic (exact) mass is 314 g/mol. The van der Waals surface area contributed by atoms with Crippen LogP contribution in [-0.2, 0) is 9.53 Å². The van der Waals surface area contributed by atoms with Crippen molar-refractivity contribution in [2.24, 2.45) is 16.7 Å². The molecule has 0 aliphatic heterocycles. The van der Waals surface area contributed by atoms with Crippen molar-refractivity contribution in [3.63, 3.8) is 0 Å². The highest BCUT2D eigenvalue weighted by molar-refractivity contribution is 5.89. The molecule has 0 amide bonds. The number of hydrogen-bond acceptors (Lipinski definition) is 3. The highest BCUT2D eigenvalue weighted by atomic mass is 16.5. The standard InChI is InChI=1S/C19H38O3/c1-16(2,3)13-14(17(4,5)6)15(20)19(9,10)22-12-11-18(7,8)21/h14,21H,11-13H2,1-10H3. The lowest BCUT2D eigenvalue weighted by molar-refractivity contribution is -0.151. The third kappa shape index (κ3) is 8.28. The van der Waals surface area contributed by atoms with Crippen molar-refractivity contribution in [1.29, 1.82) is 0 Å². The Labute approximate surface area is 137 Å². The maximum Gasteiger partial charge on any atom is 0.167 e. The Balaban J connectivity index is 5.04. The predicted octanol–water partition coefficient (Wildman–Crippen LogP) is 4.61. The first-order valence-electron chi connectivity index (χ1n) is 8.36. The summed E-state index contributed by atoms with van der Waals surface area (Å²) in [7, 11) is 0. The van der Waals surface area contributed by atoms with E-state index < -0.39 is 11.2 Å². The van der Waals surface area contributed by atoms with Crippen LogP contribution in [0.1, 0.15) is 82.1 Å². The molecule has 1 N–H and O–H groups in total. The van der Waals surface area contributed by atoms with Crippen LogP contribution in [0, 0.1) is 16.7 Å². The number of ether oxygens (including phenoxy) is 1. The lowest BCUT2D eigenvalue weighted by Gasteiger charge is -2.39. The van der Waals surface area contributed by atoms with Gasteiger partial charge in [0.2, 0.25) is 0 Å². The molecule has 3 nitrogen and oxygen atoms in total. The van der Waals surface area contributed by atoms with Gasteiger partial charge in [-0.15, -0.1) is 0 Å². The molecule has 0 heterocycles. The van der Waals surface area contributed by atoms with Crippen LogP contribution in [0.5, 0.6) is 0 Å². The van der Waals surface area contributed by atoms with Gasteiger partial charge >= 0.3 is 0 Å². The Hall–Kier alpha value is -0.410. The molecule has 0 aromatic carbocycles. The van der Waals surface area contributed by atoms with Gasteiger partial charge in [0.05, 0.1) is 12.2 Å². The first-order chi connectivity index (χ1) is 9.46. The normalized spacial score (nSPS) is 15.8. The Bertz CT molecular complexity index is 362. The van der Waals surface area contributed by atoms with E-state index in [0.717, 1.165) is 6.42 Å². The van der Waals surface area contributed by atoms with Gasteiger partial charge in [-0.1, -0.05) is 41.5 Å². The fourth-order valence-electron chi connectivity index (χ4n) is 2.45. The highest BCUT2D eigenvalue weighted by Gasteiger charge is 2.42. The smallest absolute Gasteiger partial charge is 0.167 e. The van der Waals surface area contributed by atoms with Crippen molar-refractivity contribution in [2.75, 3.05) is 6.61 Å². The van der Waals surface area contributed by atoms with E-state index in [0.29, 0.717) is 13.0 Å². The number of hydrogen-bond donors (Lipinski definition) is 1. The van der Waals surface area contributed by atoms with Gasteiger partial charge in [0, 0.05) is 5.92 Å². The average Bonchev–Trinajstić information content (AvgIpc) is 2.19. The number of Topliss-reactive ketones (excluding diaryl/α,β-unsaturated/α-hetero) is 1. The summed E-state index contributed by atoms with van der Waals surface area (Å²) in [4.78, 5) is 13.1. The minimum Gasteiger partial charge on any atom is -0.390 e. The van der Waals surface area contributed by atoms with Crippen LogP contribution in [-0.4, -0.2) is 28.7 Å². The first kappa shape index (κ1) is 21.6. The number of rotatable bonds is 7. The van der Waals surface area contributed by atoms with Crippen molar-refractivity contribution >= 4 is 5.78 Å². The lowest BCUT2D eigenvalue weighted by atomic mass is 9.67. The summed E-state index contributed by atoms with van der Waals surface area (Å²) in [5, 5.41) is 9.78. The predicted molar refractivity (Wildman–Crippen MR) is 93.0 cm³/mol. The van der Waals surface area contributed by atoms with Crippen molar-refractivity contribution in [2.45, 2.75) is 93.3 Å². The van der Waals surface area contributed by atoms with Crippen molar-refractivity contribution < 1.29 is 14.6 Å². The van der Waals surface area contributed by atoms with Gasteiger partial charge in [-0.05, 0) is 51.4 Å². The van der Waals surface area contributed by atoms with E-state index in [1.54, 1.807) is 13.8 Å². The van der Waals surface area contributed by atoms with Crippen LogP contribution in [0.15, 0.2) is 0 Å². The summed E-state index contributed by atoms with van der Waals surface area (Å²) in [6.45, 7) is 20.4. The fraction of sp³-hybridized carbons (Fsp3) is 0.947. The maximum absolute atomic E-state index is 13.1. The zero-order chi connectivity index (χ0) is 18.0. The molecule has 0 rings (SSSR count). The molecule has 0 radical (unpaired) electrons. The van der Waals surface area contributed by atoms with E-state index in [1.165, 1.54) is 0 Å². The summed E-state index contributed by atoms with van der Waals surface area (Å²) >= 11 is 0. The molecule has 22 heavy (non-hydrogen) atoms. The summed E-state index contributed by atoms with van der Waals surface area (Å²) < 4.78 is 5.85. The van der Waals surface area contributed by atoms with Crippen LogP contribution in [0.25, 0.3) is 0 Å². The Kier molecular flexibility index (Phi) is 6.87. The minimum atomic E-state index is -0.825. The van der Waals surface area contributed by atoms with E-state index in [9.17, 15) is 9.90 Å². The molecule has 0 aliphatic rings. The summed E-state index contributed by atoms with van der Waals surface area (Å²) in [5.74, 6) is 0.107. The SMILES string of the molecule is CC(C)(C)CC(C(=O)C(C)(C)OCCC(C)(C)O)C(C)(C)C. The first-order valence-corrected chi connectivity index (χ1v) is 8.36. The molecular formula is C19H38O3. The molecule has 0 aliphatic carbocycles. The molecule has 3 heteroatoms. The van der Waals surface area contributed by atoms with Crippen LogP contribution >= 0.6 is 0 Å². The zero-order valence-corrected chi connectivity index (χ0v) is 16.5. The Morgan fingerprint density at radius 2 is 1.41 bits per heavy atom. The van der Waals surface area contributed by atoms with Gasteiger partial charge < -0.3 is 9.84 Å². The van der Waals surface area contributed by atoms with Crippen LogP contribution in [0.4, 0.5) is 0 Å². The summed E-state index contributed by atoms with van der Waals surface area (Å²) in [6, 6.07) is 0. The number of carbonyl (C=O) groups is 1. The fourth-order valence-corrected chi connectivity index (χ4v) is 2.45. The van der Waals surface area contributed by atoms with E-state index in [1.807, 2.05) is 13.8 Å². The lowest BCUT2D eigenvalue weighted by Crippen LogP contribution is -2.46. The van der Waals surface area contributed by atoms with Crippen LogP contribution < -0.4 is 0 Å². The molecule has 0 bridgehead atoms. The molecule has 0 aromatic heterocycles. The second-order valence-electron chi connectivity index (χ2n) is 9.97. The van der Waals surface area contributed by atoms with Gasteiger partial charge in [0.25, 0.3) is 0 Å². The number of carbonyl (C=O) groups excluding carboxylic acids is 1. The summed E-state index contributed by atoms with van der Waals surface area (Å²) in [6.07, 6.45) is 1.36. The van der Waals surface area contributed by atoms with Crippen molar-refractivity contribution in [3.8, 4) is 0 Å². The molecule has 132 valence electrons. The van der Waals surface area contributed by atoms with Crippen molar-refractivity contribution in [1.82, 2.24) is 0 Å². The third-order valence-electron chi connectivity index (χ3n) is 3.95. The zero-order valence-electron chi connectivity index (χ0n) is 16.5. The van der Waals surface area contributed by atoms with Gasteiger partial charge in [-0.3, -0.25) is 4.79 Å². The van der Waals surface area contributed by atoms with Gasteiger partial charge in [-0.2, -0.15) is 0 Å². The molecule has 0 aromatic rings. The van der Waals surface area contributed by atoms with E-state index in [-0.39, 0.29) is 22.5 Å². The van der Waals surface area contributed by atoms with Crippen LogP contribution in [0.3, 0.4) is 0 Å². The van der Waals surface area contributed by atoms with Gasteiger partial charge in [-0.25, -0.2) is 0 Å². The number of ketones is 1. The Morgan fingerprint density at radius 3 is 1.73 bits per heavy atom. The molecule has 0 fully saturated rings. The molecule has 1 atom stereocenters. The van der Waals surface area contributed by atoms with E-state index in [2.05, 4.69) is 41.5 Å². The second kappa shape index (κ2) is 7.00. The third-order valence-corrected chi connectivity index (χ3v) is 3.95. The van der Waals surface area contributed by atoms with Gasteiger partial charge in [0.15, 0.2) is 5.78 Å². The number of aliphatic hydroxyl groups is 1. The Morgan fingerprint density at radius 1 is 0.955 bits per heavy atom. The maximum atomic E-state index is 13.1. The topological polar surface area (TPSA) is 46.5 Å². The van der Waals surface area contributed by atoms with Gasteiger partial charge in [0.1, 0.15) is 5.60 Å². The molecule has 0 saturated heterocycles. The van der Waals surface area contributed by atoms with Crippen molar-refractivity contribution in [3.05, 3.63) is 0 Å². The molecule has 0 saturated carbocycles. The molecular weight excluding hydrogens is 276 g/mol. The molecule has 0 spiro atoms.